The number of likely N-dealkylation sites (tertiary alicyclic amines) is 1. The molecule has 0 radical (unpaired) electrons. The predicted molar refractivity (Wildman–Crippen MR) is 385 cm³/mol. The Balaban J connectivity index is 0.000000157. The van der Waals surface area contributed by atoms with Crippen molar-refractivity contribution in [3.05, 3.63) is 174 Å². The van der Waals surface area contributed by atoms with Gasteiger partial charge in [-0.3, -0.25) is 24.1 Å². The lowest BCUT2D eigenvalue weighted by molar-refractivity contribution is -0.148. The molecular formula is C81H108BrN4O11P. The quantitative estimate of drug-likeness (QED) is 0.0303. The summed E-state index contributed by atoms with van der Waals surface area (Å²) in [5.74, 6) is 1.82. The Morgan fingerprint density at radius 3 is 1.40 bits per heavy atom. The minimum atomic E-state index is -1.53. The highest BCUT2D eigenvalue weighted by Gasteiger charge is 2.51. The highest BCUT2D eigenvalue weighted by atomic mass is 79.9. The van der Waals surface area contributed by atoms with Gasteiger partial charge in [0.2, 0.25) is 0 Å². The molecule has 530 valence electrons. The lowest BCUT2D eigenvalue weighted by Crippen LogP contribution is -3.00. The highest BCUT2D eigenvalue weighted by molar-refractivity contribution is 7.95. The Hall–Kier alpha value is -6.55. The third-order valence-corrected chi connectivity index (χ3v) is 26.3. The molecule has 4 heterocycles. The van der Waals surface area contributed by atoms with Crippen molar-refractivity contribution in [1.29, 1.82) is 0 Å². The fraction of sp³-hybridized carbons (Fsp3) is 0.531. The van der Waals surface area contributed by atoms with Gasteiger partial charge in [0.15, 0.2) is 0 Å². The zero-order valence-corrected chi connectivity index (χ0v) is 61.3. The molecule has 1 amide bonds. The number of halogens is 1. The maximum atomic E-state index is 12.5. The zero-order chi connectivity index (χ0) is 69.1. The van der Waals surface area contributed by atoms with Crippen molar-refractivity contribution in [3.63, 3.8) is 0 Å². The van der Waals surface area contributed by atoms with E-state index in [0.717, 1.165) is 81.0 Å². The van der Waals surface area contributed by atoms with Crippen LogP contribution in [0.25, 0.3) is 0 Å². The number of carbonyl (C=O) groups is 6. The number of carboxylic acids is 2. The highest BCUT2D eigenvalue weighted by Crippen LogP contribution is 2.55. The maximum absolute atomic E-state index is 12.5. The van der Waals surface area contributed by atoms with Gasteiger partial charge in [-0.15, -0.1) is 0 Å². The Labute approximate surface area is 593 Å². The summed E-state index contributed by atoms with van der Waals surface area (Å²) >= 11 is 0. The lowest BCUT2D eigenvalue weighted by atomic mass is 9.77. The van der Waals surface area contributed by atoms with E-state index in [1.807, 2.05) is 81.4 Å². The summed E-state index contributed by atoms with van der Waals surface area (Å²) in [7, 11) is -1.53. The molecule has 15 nitrogen and oxygen atoms in total. The summed E-state index contributed by atoms with van der Waals surface area (Å²) in [4.78, 5) is 72.1. The first-order valence-electron chi connectivity index (χ1n) is 36.2. The molecule has 98 heavy (non-hydrogen) atoms. The second-order valence-electron chi connectivity index (χ2n) is 29.1. The predicted octanol–water partition coefficient (Wildman–Crippen LogP) is 10.9. The summed E-state index contributed by atoms with van der Waals surface area (Å²) in [6.45, 7) is 14.9. The van der Waals surface area contributed by atoms with Crippen LogP contribution in [0.3, 0.4) is 0 Å². The normalized spacial score (nSPS) is 27.8. The SMILES string of the molecule is CC=C1CC[C@@H]2C[C@@H](C(=O)OCc3ccccc3)N[C@@H]2C1.CCC1CC[C@@H]2C[C@@H](C(=O)O)N(C(=O)OC(C)(C)C)[C@@H]2C1.CCC1CC[C@@H]2C[C@@H](C(=O)O)N[C@@H]2C1.CC[P+](c1ccccc1)(c1ccccc1)c1ccccc1.O=C1CC[C@@H]2C[C@@H](C(=O)OCc3ccccc3)N[C@@H]2C1.[Br-]. The van der Waals surface area contributed by atoms with Gasteiger partial charge in [0.25, 0.3) is 0 Å². The molecule has 4 saturated heterocycles. The van der Waals surface area contributed by atoms with Gasteiger partial charge in [-0.05, 0) is 195 Å². The number of fused-ring (bicyclic) bond motifs is 4. The Kier molecular flexibility index (Phi) is 29.3. The van der Waals surface area contributed by atoms with Gasteiger partial charge in [-0.1, -0.05) is 166 Å². The van der Waals surface area contributed by atoms with E-state index in [9.17, 15) is 33.9 Å². The molecule has 14 atom stereocenters. The van der Waals surface area contributed by atoms with Crippen molar-refractivity contribution in [2.24, 2.45) is 35.5 Å². The van der Waals surface area contributed by atoms with E-state index < -0.39 is 36.9 Å². The molecule has 5 aromatic carbocycles. The number of nitrogens with one attached hydrogen (secondary N) is 3. The molecule has 5 aromatic rings. The van der Waals surface area contributed by atoms with E-state index in [2.05, 4.69) is 141 Å². The van der Waals surface area contributed by atoms with Crippen LogP contribution in [-0.2, 0) is 51.4 Å². The Morgan fingerprint density at radius 1 is 0.520 bits per heavy atom. The first kappa shape index (κ1) is 77.2. The van der Waals surface area contributed by atoms with Crippen LogP contribution in [0.15, 0.2) is 163 Å². The number of benzene rings is 5. The minimum absolute atomic E-state index is 0. The number of carboxylic acid groups (broad SMARTS) is 2. The van der Waals surface area contributed by atoms with E-state index in [0.29, 0.717) is 79.9 Å². The van der Waals surface area contributed by atoms with Gasteiger partial charge in [0.1, 0.15) is 71.9 Å². The van der Waals surface area contributed by atoms with Crippen molar-refractivity contribution < 1.29 is 70.2 Å². The number of carbonyl (C=O) groups excluding carboxylic acids is 4. The Morgan fingerprint density at radius 2 is 0.949 bits per heavy atom. The number of esters is 2. The molecule has 8 fully saturated rings. The minimum Gasteiger partial charge on any atom is -1.00 e. The number of ether oxygens (including phenoxy) is 3. The summed E-state index contributed by atoms with van der Waals surface area (Å²) in [6.07, 6.45) is 20.7. The van der Waals surface area contributed by atoms with Crippen LogP contribution in [-0.4, -0.2) is 111 Å². The van der Waals surface area contributed by atoms with Crippen LogP contribution in [0.4, 0.5) is 4.79 Å². The number of amides is 1. The second-order valence-corrected chi connectivity index (χ2v) is 32.9. The van der Waals surface area contributed by atoms with Crippen molar-refractivity contribution in [3.8, 4) is 0 Å². The van der Waals surface area contributed by atoms with Crippen molar-refractivity contribution in [2.45, 2.75) is 231 Å². The van der Waals surface area contributed by atoms with Crippen LogP contribution >= 0.6 is 7.26 Å². The van der Waals surface area contributed by atoms with E-state index >= 15 is 0 Å². The third-order valence-electron chi connectivity index (χ3n) is 21.8. The molecule has 13 rings (SSSR count). The number of hydrogen-bond acceptors (Lipinski definition) is 12. The summed E-state index contributed by atoms with van der Waals surface area (Å²) < 4.78 is 16.3. The number of allylic oxidation sites excluding steroid dienone is 1. The standard InChI is InChI=1S/C20H20P.C18H23NO2.C16H27NO4.C16H19NO3.C11H19NO2.BrH/c1-2-21(18-12-6-3-7-13-18,19-14-8-4-9-15-19)20-16-10-5-11-17-20;1-2-13-8-9-15-11-17(19-16(15)10-13)18(20)21-12-14-6-4-3-5-7-14;1-5-10-6-7-11-9-13(14(18)19)17(12(11)8-10)15(20)21-16(2,3)4;18-13-7-6-12-8-15(17-14(12)9-13)16(19)20-10-11-4-2-1-3-5-11;1-2-7-3-4-8-6-10(11(13)14)12-9(8)5-7;/h3-17H,2H2,1H3;2-7,15-17,19H,8-12H2,1H3;10-13H,5-9H2,1-4H3,(H,18,19);1-5,12,14-15,17H,6-10H2;7-10,12H,2-6H2,1H3,(H,13,14);1H/q+1;;;;;/p-1/t;15-,16-,17+;10?,11-,12-,13+;12-,14-,15+;7?,8-,9-,10+;/m.1111./s1. The van der Waals surface area contributed by atoms with Gasteiger partial charge in [-0.25, -0.2) is 9.59 Å². The fourth-order valence-electron chi connectivity index (χ4n) is 16.4. The summed E-state index contributed by atoms with van der Waals surface area (Å²) in [5, 5.41) is 32.8. The van der Waals surface area contributed by atoms with E-state index in [-0.39, 0.29) is 59.1 Å². The van der Waals surface area contributed by atoms with Gasteiger partial charge in [0.05, 0.1) is 6.16 Å². The van der Waals surface area contributed by atoms with Crippen molar-refractivity contribution >= 4 is 58.9 Å². The molecule has 0 bridgehead atoms. The van der Waals surface area contributed by atoms with Crippen LogP contribution in [0, 0.1) is 35.5 Å². The van der Waals surface area contributed by atoms with Crippen LogP contribution in [0.5, 0.6) is 0 Å². The number of aliphatic carboxylic acids is 2. The number of hydrogen-bond donors (Lipinski definition) is 5. The monoisotopic (exact) mass is 1420 g/mol. The van der Waals surface area contributed by atoms with E-state index in [4.69, 9.17) is 19.3 Å². The Bertz CT molecular complexity index is 3260. The first-order chi connectivity index (χ1) is 46.8. The van der Waals surface area contributed by atoms with E-state index in [1.165, 1.54) is 64.9 Å². The average molecular weight is 1420 g/mol. The molecule has 2 unspecified atom stereocenters. The molecule has 4 aliphatic carbocycles. The molecule has 4 aliphatic heterocycles. The van der Waals surface area contributed by atoms with Crippen LogP contribution in [0.2, 0.25) is 0 Å². The van der Waals surface area contributed by atoms with Crippen molar-refractivity contribution in [1.82, 2.24) is 20.9 Å². The first-order valence-corrected chi connectivity index (χ1v) is 38.1. The number of rotatable bonds is 14. The smallest absolute Gasteiger partial charge is 0.411 e. The zero-order valence-electron chi connectivity index (χ0n) is 58.8. The summed E-state index contributed by atoms with van der Waals surface area (Å²) in [6, 6.07) is 52.3. The molecule has 0 spiro atoms. The number of nitrogens with zero attached hydrogens (tertiary/aromatic N) is 1. The summed E-state index contributed by atoms with van der Waals surface area (Å²) in [5.41, 5.74) is 2.95. The molecule has 0 aromatic heterocycles. The molecular weight excluding hydrogens is 1320 g/mol. The van der Waals surface area contributed by atoms with Gasteiger partial charge in [-0.2, -0.15) is 0 Å². The second kappa shape index (κ2) is 37.2. The number of Topliss-reactive ketones (excluding diaryl/α,β-unsaturated/α-hetero) is 1. The van der Waals surface area contributed by atoms with E-state index in [1.54, 1.807) is 0 Å². The fourth-order valence-corrected chi connectivity index (χ4v) is 20.4. The van der Waals surface area contributed by atoms with Crippen LogP contribution in [0.1, 0.15) is 175 Å². The van der Waals surface area contributed by atoms with Gasteiger partial charge in [0, 0.05) is 37.0 Å². The van der Waals surface area contributed by atoms with Gasteiger partial charge < -0.3 is 57.4 Å². The largest absolute Gasteiger partial charge is 1.00 e. The van der Waals surface area contributed by atoms with Crippen molar-refractivity contribution in [2.75, 3.05) is 6.16 Å². The molecule has 17 heteroatoms. The molecule has 4 saturated carbocycles. The maximum Gasteiger partial charge on any atom is 0.411 e. The third kappa shape index (κ3) is 20.8. The number of ketones is 1. The van der Waals surface area contributed by atoms with Gasteiger partial charge >= 0.3 is 30.0 Å². The topological polar surface area (TPSA) is 210 Å². The van der Waals surface area contributed by atoms with Crippen LogP contribution < -0.4 is 48.8 Å². The lowest BCUT2D eigenvalue weighted by Gasteiger charge is -2.37. The average Bonchev–Trinajstić information content (AvgIpc) is 1.03. The molecule has 5 N–H and O–H groups in total. The molecule has 8 aliphatic rings.